The van der Waals surface area contributed by atoms with Crippen molar-refractivity contribution in [3.63, 3.8) is 0 Å². The van der Waals surface area contributed by atoms with Crippen LogP contribution in [-0.4, -0.2) is 16.7 Å². The molecule has 35 heavy (non-hydrogen) atoms. The monoisotopic (exact) mass is 446 g/mol. The molecule has 0 unspecified atom stereocenters. The predicted octanol–water partition coefficient (Wildman–Crippen LogP) is 4.35. The maximum atomic E-state index is 5.31. The van der Waals surface area contributed by atoms with Crippen LogP contribution >= 0.6 is 0 Å². The zero-order valence-corrected chi connectivity index (χ0v) is 19.7. The minimum absolute atomic E-state index is 0.230. The van der Waals surface area contributed by atoms with Crippen LogP contribution in [0.25, 0.3) is 22.5 Å². The molecule has 8 rings (SSSR count). The summed E-state index contributed by atoms with van der Waals surface area (Å²) in [4.78, 5) is 10.6. The third-order valence-electron chi connectivity index (χ3n) is 8.28. The van der Waals surface area contributed by atoms with Crippen LogP contribution in [0.5, 0.6) is 0 Å². The molecule has 0 saturated carbocycles. The van der Waals surface area contributed by atoms with E-state index in [1.807, 2.05) is 0 Å². The van der Waals surface area contributed by atoms with Gasteiger partial charge in [0.1, 0.15) is 0 Å². The zero-order chi connectivity index (χ0) is 23.1. The Morgan fingerprint density at radius 3 is 1.91 bits per heavy atom. The normalized spacial score (nSPS) is 14.0. The van der Waals surface area contributed by atoms with Crippen LogP contribution < -0.4 is 16.4 Å². The lowest BCUT2D eigenvalue weighted by atomic mass is 9.31. The molecule has 5 aromatic rings. The summed E-state index contributed by atoms with van der Waals surface area (Å²) in [7, 11) is 0. The van der Waals surface area contributed by atoms with Crippen molar-refractivity contribution in [3.05, 3.63) is 124 Å². The average Bonchev–Trinajstić information content (AvgIpc) is 3.28. The summed E-state index contributed by atoms with van der Waals surface area (Å²) in [5, 5.41) is 0. The number of hydrogen-bond donors (Lipinski definition) is 0. The third kappa shape index (κ3) is 2.67. The number of rotatable bonds is 1. The first kappa shape index (κ1) is 19.3. The molecule has 0 saturated heterocycles. The molecule has 1 aromatic heterocycles. The van der Waals surface area contributed by atoms with Crippen LogP contribution in [0.4, 0.5) is 0 Å². The molecular weight excluding hydrogens is 423 g/mol. The Kier molecular flexibility index (Phi) is 3.88. The Balaban J connectivity index is 1.38. The van der Waals surface area contributed by atoms with E-state index in [1.165, 1.54) is 72.3 Å². The van der Waals surface area contributed by atoms with Crippen LogP contribution in [0.1, 0.15) is 39.2 Å². The lowest BCUT2D eigenvalue weighted by Gasteiger charge is -2.33. The van der Waals surface area contributed by atoms with E-state index in [0.717, 1.165) is 25.1 Å². The maximum absolute atomic E-state index is 5.31. The van der Waals surface area contributed by atoms with Gasteiger partial charge in [-0.3, -0.25) is 0 Å². The Hall–Kier alpha value is -3.98. The van der Waals surface area contributed by atoms with Gasteiger partial charge in [0.25, 0.3) is 0 Å². The largest absolute Gasteiger partial charge is 0.246 e. The van der Waals surface area contributed by atoms with Crippen LogP contribution in [0.15, 0.2) is 84.9 Å². The van der Waals surface area contributed by atoms with E-state index in [1.54, 1.807) is 0 Å². The first-order valence-electron chi connectivity index (χ1n) is 12.5. The van der Waals surface area contributed by atoms with E-state index in [4.69, 9.17) is 9.97 Å². The molecule has 3 aliphatic rings. The van der Waals surface area contributed by atoms with Crippen molar-refractivity contribution >= 4 is 23.1 Å². The zero-order valence-electron chi connectivity index (χ0n) is 19.7. The topological polar surface area (TPSA) is 25.8 Å². The highest BCUT2D eigenvalue weighted by atomic mass is 14.9. The average molecular weight is 446 g/mol. The predicted molar refractivity (Wildman–Crippen MR) is 144 cm³/mol. The highest BCUT2D eigenvalue weighted by Gasteiger charge is 2.38. The van der Waals surface area contributed by atoms with Crippen molar-refractivity contribution in [1.29, 1.82) is 0 Å². The smallest absolute Gasteiger partial charge is 0.233 e. The summed E-state index contributed by atoms with van der Waals surface area (Å²) < 4.78 is 0. The summed E-state index contributed by atoms with van der Waals surface area (Å²) >= 11 is 0. The number of aromatic nitrogens is 2. The summed E-state index contributed by atoms with van der Waals surface area (Å²) in [6, 6.07) is 31.1. The van der Waals surface area contributed by atoms with Crippen molar-refractivity contribution in [2.45, 2.75) is 26.2 Å². The molecule has 1 aliphatic carbocycles. The molecule has 164 valence electrons. The molecule has 3 heteroatoms. The van der Waals surface area contributed by atoms with Crippen molar-refractivity contribution in [2.75, 3.05) is 0 Å². The first-order valence-corrected chi connectivity index (χ1v) is 12.5. The molecular formula is C32H23BN2. The molecule has 2 nitrogen and oxygen atoms in total. The van der Waals surface area contributed by atoms with Crippen molar-refractivity contribution in [2.24, 2.45) is 0 Å². The third-order valence-corrected chi connectivity index (χ3v) is 8.28. The Morgan fingerprint density at radius 1 is 0.600 bits per heavy atom. The molecule has 2 aliphatic heterocycles. The number of aryl methyl sites for hydroxylation is 1. The Morgan fingerprint density at radius 2 is 1.20 bits per heavy atom. The summed E-state index contributed by atoms with van der Waals surface area (Å²) in [6.07, 6.45) is 2.74. The van der Waals surface area contributed by atoms with Gasteiger partial charge in [0, 0.05) is 29.8 Å². The second-order valence-corrected chi connectivity index (χ2v) is 10.2. The van der Waals surface area contributed by atoms with Gasteiger partial charge < -0.3 is 0 Å². The van der Waals surface area contributed by atoms with Crippen molar-refractivity contribution < 1.29 is 0 Å². The Labute approximate surface area is 205 Å². The number of benzene rings is 4. The fourth-order valence-electron chi connectivity index (χ4n) is 6.70. The van der Waals surface area contributed by atoms with E-state index in [9.17, 15) is 0 Å². The molecule has 0 spiro atoms. The molecule has 0 atom stereocenters. The molecule has 0 amide bonds. The van der Waals surface area contributed by atoms with E-state index < -0.39 is 0 Å². The molecule has 4 aromatic carbocycles. The van der Waals surface area contributed by atoms with Crippen molar-refractivity contribution in [3.8, 4) is 22.5 Å². The first-order chi connectivity index (χ1) is 17.3. The quantitative estimate of drug-likeness (QED) is 0.351. The van der Waals surface area contributed by atoms with Gasteiger partial charge in [0.2, 0.25) is 6.71 Å². The second kappa shape index (κ2) is 7.02. The van der Waals surface area contributed by atoms with Crippen molar-refractivity contribution in [1.82, 2.24) is 9.97 Å². The fraction of sp³-hybridized carbons (Fsp3) is 0.125. The lowest BCUT2D eigenvalue weighted by molar-refractivity contribution is 0.985. The highest BCUT2D eigenvalue weighted by Crippen LogP contribution is 2.43. The van der Waals surface area contributed by atoms with Gasteiger partial charge in [-0.25, -0.2) is 9.97 Å². The summed E-state index contributed by atoms with van der Waals surface area (Å²) in [5.74, 6) is 0.877. The van der Waals surface area contributed by atoms with Crippen LogP contribution in [0.2, 0.25) is 0 Å². The van der Waals surface area contributed by atoms with Gasteiger partial charge in [-0.2, -0.15) is 0 Å². The van der Waals surface area contributed by atoms with Crippen LogP contribution in [0.3, 0.4) is 0 Å². The molecule has 3 heterocycles. The van der Waals surface area contributed by atoms with Gasteiger partial charge in [-0.05, 0) is 57.8 Å². The molecule has 0 N–H and O–H groups in total. The van der Waals surface area contributed by atoms with E-state index in [0.29, 0.717) is 0 Å². The number of hydrogen-bond acceptors (Lipinski definition) is 2. The summed E-state index contributed by atoms with van der Waals surface area (Å²) in [6.45, 7) is 2.45. The SMILES string of the molecule is Cc1cccc2c1Cc1cccc(-c3nc4c5c(n3)Cc3ccccc3B5c3ccccc3C4)c1-2. The van der Waals surface area contributed by atoms with Gasteiger partial charge in [0.15, 0.2) is 5.82 Å². The summed E-state index contributed by atoms with van der Waals surface area (Å²) in [5.41, 5.74) is 17.4. The Bertz CT molecular complexity index is 1630. The van der Waals surface area contributed by atoms with E-state index >= 15 is 0 Å². The van der Waals surface area contributed by atoms with Crippen LogP contribution in [-0.2, 0) is 19.3 Å². The van der Waals surface area contributed by atoms with Crippen LogP contribution in [0, 0.1) is 6.92 Å². The van der Waals surface area contributed by atoms with E-state index in [2.05, 4.69) is 91.9 Å². The van der Waals surface area contributed by atoms with Gasteiger partial charge in [-0.15, -0.1) is 0 Å². The standard InChI is InChI=1S/C32H23BN2/c1-19-8-6-12-23-25(19)16-22-11-7-13-24(30(22)23)32-34-28-17-20-9-2-4-14-26(20)33-27-15-5-3-10-21(27)18-29(35-32)31(28)33/h2-15H,16-18H2,1H3. The highest BCUT2D eigenvalue weighted by molar-refractivity contribution is 6.97. The maximum Gasteiger partial charge on any atom is 0.246 e. The van der Waals surface area contributed by atoms with E-state index in [-0.39, 0.29) is 6.71 Å². The minimum atomic E-state index is 0.230. The second-order valence-electron chi connectivity index (χ2n) is 10.2. The van der Waals surface area contributed by atoms with Gasteiger partial charge in [0.05, 0.1) is 0 Å². The number of nitrogens with zero attached hydrogens (tertiary/aromatic N) is 2. The fourth-order valence-corrected chi connectivity index (χ4v) is 6.70. The van der Waals surface area contributed by atoms with Gasteiger partial charge in [-0.1, -0.05) is 95.9 Å². The minimum Gasteiger partial charge on any atom is -0.233 e. The van der Waals surface area contributed by atoms with Gasteiger partial charge >= 0.3 is 0 Å². The molecule has 0 fully saturated rings. The molecule has 0 bridgehead atoms. The lowest BCUT2D eigenvalue weighted by Crippen LogP contribution is -2.61. The number of fused-ring (bicyclic) bond motifs is 7. The molecule has 0 radical (unpaired) electrons.